The zero-order valence-electron chi connectivity index (χ0n) is 9.00. The van der Waals surface area contributed by atoms with Gasteiger partial charge in [-0.1, -0.05) is 13.0 Å². The lowest BCUT2D eigenvalue weighted by Gasteiger charge is -2.11. The quantitative estimate of drug-likeness (QED) is 0.740. The van der Waals surface area contributed by atoms with E-state index < -0.39 is 0 Å². The van der Waals surface area contributed by atoms with E-state index in [1.165, 1.54) is 16.7 Å². The molecule has 2 atom stereocenters. The van der Waals surface area contributed by atoms with Crippen LogP contribution in [-0.4, -0.2) is 6.10 Å². The SMILES string of the molecule is CCC1Oc2cc(C)c(C)cc2C1N. The van der Waals surface area contributed by atoms with E-state index in [2.05, 4.69) is 32.9 Å². The second kappa shape index (κ2) is 3.28. The van der Waals surface area contributed by atoms with E-state index in [1.807, 2.05) is 0 Å². The number of aryl methyl sites for hydroxylation is 2. The molecule has 2 nitrogen and oxygen atoms in total. The minimum atomic E-state index is 0.0503. The summed E-state index contributed by atoms with van der Waals surface area (Å²) in [4.78, 5) is 0. The molecule has 0 spiro atoms. The molecule has 14 heavy (non-hydrogen) atoms. The van der Waals surface area contributed by atoms with Crippen LogP contribution in [0.25, 0.3) is 0 Å². The Hall–Kier alpha value is -1.02. The van der Waals surface area contributed by atoms with Crippen molar-refractivity contribution in [3.05, 3.63) is 28.8 Å². The highest BCUT2D eigenvalue weighted by Gasteiger charge is 2.30. The summed E-state index contributed by atoms with van der Waals surface area (Å²) in [6.45, 7) is 6.32. The number of rotatable bonds is 1. The smallest absolute Gasteiger partial charge is 0.125 e. The van der Waals surface area contributed by atoms with Gasteiger partial charge in [-0.15, -0.1) is 0 Å². The molecule has 2 heteroatoms. The maximum atomic E-state index is 6.10. The summed E-state index contributed by atoms with van der Waals surface area (Å²) in [6, 6.07) is 4.31. The zero-order chi connectivity index (χ0) is 10.3. The van der Waals surface area contributed by atoms with Gasteiger partial charge in [0.15, 0.2) is 0 Å². The minimum absolute atomic E-state index is 0.0503. The topological polar surface area (TPSA) is 35.2 Å². The molecule has 0 amide bonds. The molecule has 0 aliphatic carbocycles. The third-order valence-corrected chi connectivity index (χ3v) is 3.07. The standard InChI is InChI=1S/C12H17NO/c1-4-10-12(13)9-5-7(2)8(3)6-11(9)14-10/h5-6,10,12H,4,13H2,1-3H3. The van der Waals surface area contributed by atoms with E-state index in [0.29, 0.717) is 0 Å². The number of ether oxygens (including phenoxy) is 1. The van der Waals surface area contributed by atoms with E-state index >= 15 is 0 Å². The molecule has 2 N–H and O–H groups in total. The number of fused-ring (bicyclic) bond motifs is 1. The summed E-state index contributed by atoms with van der Waals surface area (Å²) in [5.41, 5.74) is 9.82. The van der Waals surface area contributed by atoms with Crippen molar-refractivity contribution in [2.45, 2.75) is 39.3 Å². The molecule has 1 aromatic rings. The average Bonchev–Trinajstić information content (AvgIpc) is 2.45. The third kappa shape index (κ3) is 1.30. The van der Waals surface area contributed by atoms with Gasteiger partial charge in [0, 0.05) is 5.56 Å². The van der Waals surface area contributed by atoms with Crippen molar-refractivity contribution in [3.8, 4) is 5.75 Å². The van der Waals surface area contributed by atoms with Gasteiger partial charge in [-0.3, -0.25) is 0 Å². The molecule has 1 aliphatic heterocycles. The van der Waals surface area contributed by atoms with E-state index in [4.69, 9.17) is 10.5 Å². The van der Waals surface area contributed by atoms with Crippen molar-refractivity contribution in [1.82, 2.24) is 0 Å². The Morgan fingerprint density at radius 1 is 1.29 bits per heavy atom. The predicted molar refractivity (Wildman–Crippen MR) is 57.6 cm³/mol. The van der Waals surface area contributed by atoms with E-state index in [-0.39, 0.29) is 12.1 Å². The van der Waals surface area contributed by atoms with Crippen LogP contribution in [0.4, 0.5) is 0 Å². The van der Waals surface area contributed by atoms with Gasteiger partial charge < -0.3 is 10.5 Å². The van der Waals surface area contributed by atoms with Crippen LogP contribution in [0.1, 0.15) is 36.1 Å². The summed E-state index contributed by atoms with van der Waals surface area (Å²) in [5.74, 6) is 0.979. The highest BCUT2D eigenvalue weighted by molar-refractivity contribution is 5.46. The van der Waals surface area contributed by atoms with Crippen molar-refractivity contribution in [2.24, 2.45) is 5.73 Å². The van der Waals surface area contributed by atoms with Gasteiger partial charge in [0.2, 0.25) is 0 Å². The average molecular weight is 191 g/mol. The largest absolute Gasteiger partial charge is 0.488 e. The Labute approximate surface area is 85.1 Å². The van der Waals surface area contributed by atoms with Crippen molar-refractivity contribution >= 4 is 0 Å². The molecular formula is C12H17NO. The van der Waals surface area contributed by atoms with E-state index in [9.17, 15) is 0 Å². The monoisotopic (exact) mass is 191 g/mol. The Balaban J connectivity index is 2.44. The van der Waals surface area contributed by atoms with Gasteiger partial charge >= 0.3 is 0 Å². The lowest BCUT2D eigenvalue weighted by atomic mass is 9.99. The minimum Gasteiger partial charge on any atom is -0.488 e. The lowest BCUT2D eigenvalue weighted by molar-refractivity contribution is 0.202. The molecule has 0 fully saturated rings. The molecule has 1 aromatic carbocycles. The molecule has 0 saturated heterocycles. The molecule has 1 aliphatic rings. The van der Waals surface area contributed by atoms with Crippen LogP contribution in [0.5, 0.6) is 5.75 Å². The summed E-state index contributed by atoms with van der Waals surface area (Å²) >= 11 is 0. The van der Waals surface area contributed by atoms with Gasteiger partial charge in [-0.25, -0.2) is 0 Å². The van der Waals surface area contributed by atoms with Crippen LogP contribution in [0, 0.1) is 13.8 Å². The van der Waals surface area contributed by atoms with Crippen LogP contribution >= 0.6 is 0 Å². The molecule has 76 valence electrons. The van der Waals surface area contributed by atoms with E-state index in [1.54, 1.807) is 0 Å². The summed E-state index contributed by atoms with van der Waals surface area (Å²) in [5, 5.41) is 0. The van der Waals surface area contributed by atoms with Crippen molar-refractivity contribution in [2.75, 3.05) is 0 Å². The van der Waals surface area contributed by atoms with Gasteiger partial charge in [0.25, 0.3) is 0 Å². The van der Waals surface area contributed by atoms with Gasteiger partial charge in [-0.2, -0.15) is 0 Å². The fourth-order valence-electron chi connectivity index (χ4n) is 1.95. The van der Waals surface area contributed by atoms with Crippen molar-refractivity contribution in [1.29, 1.82) is 0 Å². The molecule has 1 heterocycles. The fraction of sp³-hybridized carbons (Fsp3) is 0.500. The first-order valence-corrected chi connectivity index (χ1v) is 5.17. The van der Waals surface area contributed by atoms with Crippen LogP contribution in [0.3, 0.4) is 0 Å². The summed E-state index contributed by atoms with van der Waals surface area (Å²) in [7, 11) is 0. The van der Waals surface area contributed by atoms with Crippen molar-refractivity contribution < 1.29 is 4.74 Å². The van der Waals surface area contributed by atoms with Crippen molar-refractivity contribution in [3.63, 3.8) is 0 Å². The van der Waals surface area contributed by atoms with Crippen LogP contribution in [0.2, 0.25) is 0 Å². The Bertz CT molecular complexity index is 360. The normalized spacial score (nSPS) is 24.6. The molecule has 2 unspecified atom stereocenters. The van der Waals surface area contributed by atoms with Crippen LogP contribution < -0.4 is 10.5 Å². The van der Waals surface area contributed by atoms with Gasteiger partial charge in [0.1, 0.15) is 11.9 Å². The highest BCUT2D eigenvalue weighted by atomic mass is 16.5. The van der Waals surface area contributed by atoms with Gasteiger partial charge in [-0.05, 0) is 37.5 Å². The summed E-state index contributed by atoms with van der Waals surface area (Å²) in [6.07, 6.45) is 1.12. The molecule has 2 rings (SSSR count). The first kappa shape index (κ1) is 9.53. The summed E-state index contributed by atoms with van der Waals surface area (Å²) < 4.78 is 5.78. The maximum absolute atomic E-state index is 6.10. The van der Waals surface area contributed by atoms with E-state index in [0.717, 1.165) is 12.2 Å². The molecule has 0 bridgehead atoms. The van der Waals surface area contributed by atoms with Crippen LogP contribution in [0.15, 0.2) is 12.1 Å². The Kier molecular flexibility index (Phi) is 2.23. The number of benzene rings is 1. The highest BCUT2D eigenvalue weighted by Crippen LogP contribution is 2.37. The maximum Gasteiger partial charge on any atom is 0.125 e. The Morgan fingerprint density at radius 2 is 1.93 bits per heavy atom. The number of hydrogen-bond acceptors (Lipinski definition) is 2. The third-order valence-electron chi connectivity index (χ3n) is 3.07. The zero-order valence-corrected chi connectivity index (χ0v) is 9.00. The fourth-order valence-corrected chi connectivity index (χ4v) is 1.95. The predicted octanol–water partition coefficient (Wildman–Crippen LogP) is 2.47. The second-order valence-electron chi connectivity index (χ2n) is 4.06. The lowest BCUT2D eigenvalue weighted by Crippen LogP contribution is -2.24. The number of nitrogens with two attached hydrogens (primary N) is 1. The molecule has 0 aromatic heterocycles. The second-order valence-corrected chi connectivity index (χ2v) is 4.06. The Morgan fingerprint density at radius 3 is 2.57 bits per heavy atom. The molecule has 0 radical (unpaired) electrons. The number of hydrogen-bond donors (Lipinski definition) is 1. The molecule has 0 saturated carbocycles. The molecular weight excluding hydrogens is 174 g/mol. The van der Waals surface area contributed by atoms with Gasteiger partial charge in [0.05, 0.1) is 6.04 Å². The first-order chi connectivity index (χ1) is 6.63. The van der Waals surface area contributed by atoms with Crippen LogP contribution in [-0.2, 0) is 0 Å². The first-order valence-electron chi connectivity index (χ1n) is 5.17.